The molecule has 1 aromatic carbocycles. The molecule has 0 spiro atoms. The van der Waals surface area contributed by atoms with Crippen LogP contribution >= 0.6 is 0 Å². The zero-order chi connectivity index (χ0) is 15.7. The van der Waals surface area contributed by atoms with Crippen molar-refractivity contribution < 1.29 is 9.53 Å². The first-order chi connectivity index (χ1) is 10.5. The Labute approximate surface area is 132 Å². The number of amides is 1. The first-order valence-corrected chi connectivity index (χ1v) is 8.24. The van der Waals surface area contributed by atoms with Gasteiger partial charge < -0.3 is 15.4 Å². The summed E-state index contributed by atoms with van der Waals surface area (Å²) in [7, 11) is 0. The minimum Gasteiger partial charge on any atom is -0.370 e. The van der Waals surface area contributed by atoms with Crippen molar-refractivity contribution in [1.29, 1.82) is 0 Å². The molecule has 1 aromatic rings. The molecule has 1 heterocycles. The monoisotopic (exact) mass is 302 g/mol. The van der Waals surface area contributed by atoms with Crippen LogP contribution < -0.4 is 5.73 Å². The van der Waals surface area contributed by atoms with Gasteiger partial charge in [-0.2, -0.15) is 0 Å². The molecule has 1 saturated heterocycles. The number of carbonyl (C=O) groups is 1. The predicted molar refractivity (Wildman–Crippen MR) is 86.4 cm³/mol. The van der Waals surface area contributed by atoms with Crippen LogP contribution in [0.3, 0.4) is 0 Å². The molecule has 2 atom stereocenters. The highest BCUT2D eigenvalue weighted by Gasteiger charge is 2.38. The van der Waals surface area contributed by atoms with Crippen LogP contribution in [0.1, 0.15) is 49.8 Å². The fraction of sp³-hybridized carbons (Fsp3) is 0.611. The number of carbonyl (C=O) groups excluding carboxylic acids is 1. The molecule has 2 aliphatic rings. The number of rotatable bonds is 3. The normalized spacial score (nSPS) is 27.3. The molecule has 2 fully saturated rings. The van der Waals surface area contributed by atoms with Gasteiger partial charge in [0, 0.05) is 12.0 Å². The minimum absolute atomic E-state index is 0.0311. The van der Waals surface area contributed by atoms with Gasteiger partial charge in [0.05, 0.1) is 19.2 Å². The molecule has 4 heteroatoms. The fourth-order valence-corrected chi connectivity index (χ4v) is 3.45. The third-order valence-electron chi connectivity index (χ3n) is 5.14. The number of nitrogens with zero attached hydrogens (tertiary/aromatic N) is 1. The van der Waals surface area contributed by atoms with Crippen LogP contribution in [0.25, 0.3) is 0 Å². The molecule has 1 aliphatic carbocycles. The Morgan fingerprint density at radius 3 is 2.77 bits per heavy atom. The highest BCUT2D eigenvalue weighted by molar-refractivity contribution is 5.78. The smallest absolute Gasteiger partial charge is 0.224 e. The molecular weight excluding hydrogens is 276 g/mol. The SMILES string of the molecule is Cc1ccccc1C1CN(C(=O)CC2(N)CCC2)C(C)CO1. The van der Waals surface area contributed by atoms with Gasteiger partial charge >= 0.3 is 0 Å². The van der Waals surface area contributed by atoms with Crippen LogP contribution in [0, 0.1) is 6.92 Å². The number of benzene rings is 1. The van der Waals surface area contributed by atoms with Crippen molar-refractivity contribution in [2.45, 2.75) is 57.2 Å². The van der Waals surface area contributed by atoms with Gasteiger partial charge in [-0.05, 0) is 44.2 Å². The molecular formula is C18H26N2O2. The average Bonchev–Trinajstić information content (AvgIpc) is 2.47. The van der Waals surface area contributed by atoms with Gasteiger partial charge in [0.2, 0.25) is 5.91 Å². The summed E-state index contributed by atoms with van der Waals surface area (Å²) < 4.78 is 5.98. The first kappa shape index (κ1) is 15.5. The van der Waals surface area contributed by atoms with Crippen LogP contribution in [0.5, 0.6) is 0 Å². The summed E-state index contributed by atoms with van der Waals surface area (Å²) in [4.78, 5) is 14.6. The molecule has 3 rings (SSSR count). The lowest BCUT2D eigenvalue weighted by Gasteiger charge is -2.43. The molecule has 1 aliphatic heterocycles. The Balaban J connectivity index is 1.71. The maximum absolute atomic E-state index is 12.7. The molecule has 1 amide bonds. The summed E-state index contributed by atoms with van der Waals surface area (Å²) in [6, 6.07) is 8.36. The third-order valence-corrected chi connectivity index (χ3v) is 5.14. The van der Waals surface area contributed by atoms with E-state index in [9.17, 15) is 4.79 Å². The highest BCUT2D eigenvalue weighted by Crippen LogP contribution is 2.34. The standard InChI is InChI=1S/C18H26N2O2/c1-13-6-3-4-7-15(13)16-11-20(14(2)12-22-16)17(21)10-18(19)8-5-9-18/h3-4,6-7,14,16H,5,8-12,19H2,1-2H3. The molecule has 2 unspecified atom stereocenters. The van der Waals surface area contributed by atoms with E-state index in [1.165, 1.54) is 11.1 Å². The Bertz CT molecular complexity index is 554. The molecule has 22 heavy (non-hydrogen) atoms. The Morgan fingerprint density at radius 1 is 1.41 bits per heavy atom. The second-order valence-electron chi connectivity index (χ2n) is 6.97. The largest absolute Gasteiger partial charge is 0.370 e. The van der Waals surface area contributed by atoms with Crippen molar-refractivity contribution in [2.24, 2.45) is 5.73 Å². The summed E-state index contributed by atoms with van der Waals surface area (Å²) in [5.41, 5.74) is 8.38. The van der Waals surface area contributed by atoms with Crippen LogP contribution in [-0.2, 0) is 9.53 Å². The zero-order valence-corrected chi connectivity index (χ0v) is 13.5. The minimum atomic E-state index is -0.257. The fourth-order valence-electron chi connectivity index (χ4n) is 3.45. The highest BCUT2D eigenvalue weighted by atomic mass is 16.5. The number of hydrogen-bond donors (Lipinski definition) is 1. The van der Waals surface area contributed by atoms with Crippen LogP contribution in [0.2, 0.25) is 0 Å². The van der Waals surface area contributed by atoms with Crippen molar-refractivity contribution in [1.82, 2.24) is 4.90 Å². The van der Waals surface area contributed by atoms with Gasteiger partial charge in [0.25, 0.3) is 0 Å². The molecule has 0 aromatic heterocycles. The van der Waals surface area contributed by atoms with Gasteiger partial charge in [-0.25, -0.2) is 0 Å². The molecule has 0 radical (unpaired) electrons. The second kappa shape index (κ2) is 6.01. The topological polar surface area (TPSA) is 55.6 Å². The lowest BCUT2D eigenvalue weighted by Crippen LogP contribution is -2.54. The molecule has 1 saturated carbocycles. The summed E-state index contributed by atoms with van der Waals surface area (Å²) in [5, 5.41) is 0. The Morgan fingerprint density at radius 2 is 2.14 bits per heavy atom. The summed E-state index contributed by atoms with van der Waals surface area (Å²) in [6.45, 7) is 5.35. The average molecular weight is 302 g/mol. The lowest BCUT2D eigenvalue weighted by atomic mass is 9.75. The van der Waals surface area contributed by atoms with Gasteiger partial charge in [-0.3, -0.25) is 4.79 Å². The van der Waals surface area contributed by atoms with E-state index in [1.807, 2.05) is 17.0 Å². The first-order valence-electron chi connectivity index (χ1n) is 8.24. The zero-order valence-electron chi connectivity index (χ0n) is 13.5. The van der Waals surface area contributed by atoms with Gasteiger partial charge in [-0.15, -0.1) is 0 Å². The van der Waals surface area contributed by atoms with Crippen molar-refractivity contribution >= 4 is 5.91 Å². The van der Waals surface area contributed by atoms with Crippen molar-refractivity contribution in [3.05, 3.63) is 35.4 Å². The van der Waals surface area contributed by atoms with E-state index in [-0.39, 0.29) is 23.6 Å². The van der Waals surface area contributed by atoms with Crippen molar-refractivity contribution in [2.75, 3.05) is 13.2 Å². The maximum Gasteiger partial charge on any atom is 0.224 e. The van der Waals surface area contributed by atoms with E-state index < -0.39 is 0 Å². The molecule has 120 valence electrons. The number of ether oxygens (including phenoxy) is 1. The second-order valence-corrected chi connectivity index (χ2v) is 6.97. The van der Waals surface area contributed by atoms with Gasteiger partial charge in [-0.1, -0.05) is 24.3 Å². The Kier molecular flexibility index (Phi) is 4.24. The molecule has 2 N–H and O–H groups in total. The summed E-state index contributed by atoms with van der Waals surface area (Å²) in [6.07, 6.45) is 3.53. The maximum atomic E-state index is 12.7. The third kappa shape index (κ3) is 3.03. The number of nitrogens with two attached hydrogens (primary N) is 1. The van der Waals surface area contributed by atoms with Gasteiger partial charge in [0.1, 0.15) is 6.10 Å². The quantitative estimate of drug-likeness (QED) is 0.933. The summed E-state index contributed by atoms with van der Waals surface area (Å²) >= 11 is 0. The Hall–Kier alpha value is -1.39. The van der Waals surface area contributed by atoms with E-state index in [2.05, 4.69) is 26.0 Å². The number of aryl methyl sites for hydroxylation is 1. The molecule has 4 nitrogen and oxygen atoms in total. The van der Waals surface area contributed by atoms with E-state index in [1.54, 1.807) is 0 Å². The van der Waals surface area contributed by atoms with E-state index in [0.717, 1.165) is 19.3 Å². The van der Waals surface area contributed by atoms with Crippen molar-refractivity contribution in [3.8, 4) is 0 Å². The van der Waals surface area contributed by atoms with Crippen LogP contribution in [0.15, 0.2) is 24.3 Å². The van der Waals surface area contributed by atoms with Crippen LogP contribution in [-0.4, -0.2) is 35.5 Å². The number of morpholine rings is 1. The number of hydrogen-bond acceptors (Lipinski definition) is 3. The molecule has 0 bridgehead atoms. The van der Waals surface area contributed by atoms with E-state index in [0.29, 0.717) is 19.6 Å². The predicted octanol–water partition coefficient (Wildman–Crippen LogP) is 2.55. The van der Waals surface area contributed by atoms with Crippen LogP contribution in [0.4, 0.5) is 0 Å². The van der Waals surface area contributed by atoms with E-state index >= 15 is 0 Å². The van der Waals surface area contributed by atoms with Gasteiger partial charge in [0.15, 0.2) is 0 Å². The van der Waals surface area contributed by atoms with E-state index in [4.69, 9.17) is 10.5 Å². The summed E-state index contributed by atoms with van der Waals surface area (Å²) in [5.74, 6) is 0.177. The lowest BCUT2D eigenvalue weighted by molar-refractivity contribution is -0.146. The van der Waals surface area contributed by atoms with Crippen molar-refractivity contribution in [3.63, 3.8) is 0 Å².